The minimum Gasteiger partial charge on any atom is -0.0622 e. The van der Waals surface area contributed by atoms with Gasteiger partial charge in [-0.05, 0) is 73.7 Å². The van der Waals surface area contributed by atoms with E-state index < -0.39 is 0 Å². The van der Waals surface area contributed by atoms with E-state index in [9.17, 15) is 0 Å². The summed E-state index contributed by atoms with van der Waals surface area (Å²) in [4.78, 5) is 0. The number of hydrogen-bond donors (Lipinski definition) is 0. The third-order valence-corrected chi connectivity index (χ3v) is 8.21. The summed E-state index contributed by atoms with van der Waals surface area (Å²) in [5.74, 6) is 0.653. The van der Waals surface area contributed by atoms with Crippen molar-refractivity contribution in [3.8, 4) is 44.5 Å². The quantitative estimate of drug-likeness (QED) is 0.160. The molecule has 222 valence electrons. The molecule has 0 radical (unpaired) electrons. The molecule has 7 rings (SSSR count). The van der Waals surface area contributed by atoms with Gasteiger partial charge >= 0.3 is 0 Å². The van der Waals surface area contributed by atoms with Gasteiger partial charge in [-0.2, -0.15) is 0 Å². The maximum Gasteiger partial charge on any atom is 0 e. The molecule has 0 aliphatic heterocycles. The molecule has 0 bridgehead atoms. The molecule has 0 atom stereocenters. The van der Waals surface area contributed by atoms with Crippen molar-refractivity contribution in [2.24, 2.45) is 0 Å². The number of aryl methyl sites for hydroxylation is 1. The summed E-state index contributed by atoms with van der Waals surface area (Å²) < 4.78 is 0. The molecular weight excluding hydrogens is 630 g/mol. The zero-order valence-corrected chi connectivity index (χ0v) is 27.8. The van der Waals surface area contributed by atoms with Gasteiger partial charge in [-0.25, -0.2) is 0 Å². The van der Waals surface area contributed by atoms with Crippen molar-refractivity contribution in [2.75, 3.05) is 0 Å². The van der Waals surface area contributed by atoms with Gasteiger partial charge in [0, 0.05) is 19.5 Å². The molecule has 7 aromatic carbocycles. The summed E-state index contributed by atoms with van der Waals surface area (Å²) in [6, 6.07) is 60.8. The van der Waals surface area contributed by atoms with E-state index >= 15 is 0 Å². The molecule has 0 heterocycles. The largest absolute Gasteiger partial charge is 0.0622 e. The average Bonchev–Trinajstić information content (AvgIpc) is 3.09. The first kappa shape index (κ1) is 31.8. The minimum absolute atomic E-state index is 0. The van der Waals surface area contributed by atoms with E-state index in [1.165, 1.54) is 66.4 Å². The molecule has 0 nitrogen and oxygen atoms in total. The van der Waals surface area contributed by atoms with Crippen LogP contribution in [0.3, 0.4) is 0 Å². The third-order valence-electron chi connectivity index (χ3n) is 8.21. The summed E-state index contributed by atoms with van der Waals surface area (Å²) in [5.41, 5.74) is 12.8. The number of fused-ring (bicyclic) bond motifs is 1. The Morgan fingerprint density at radius 3 is 0.933 bits per heavy atom. The van der Waals surface area contributed by atoms with Crippen LogP contribution < -0.4 is 0 Å². The van der Waals surface area contributed by atoms with Crippen LogP contribution in [0.15, 0.2) is 170 Å². The predicted molar refractivity (Wildman–Crippen MR) is 191 cm³/mol. The molecule has 0 saturated carbocycles. The molecular formula is C44H38Ru. The van der Waals surface area contributed by atoms with Crippen molar-refractivity contribution in [3.63, 3.8) is 0 Å². The average molecular weight is 668 g/mol. The Hall–Kier alpha value is -4.58. The fraction of sp³-hybridized carbons (Fsp3) is 0.0909. The molecule has 0 unspecified atom stereocenters. The van der Waals surface area contributed by atoms with Crippen LogP contribution in [0.2, 0.25) is 0 Å². The Morgan fingerprint density at radius 2 is 0.622 bits per heavy atom. The SMILES string of the molecule is Cc1ccc(C(C)C)cc1.[Ru].c1ccc(-c2c(-c3ccccc3)c(-c3ccccc3)c3ccccc3c2-c2ccccc2)cc1. The van der Waals surface area contributed by atoms with Crippen molar-refractivity contribution in [3.05, 3.63) is 181 Å². The van der Waals surface area contributed by atoms with Gasteiger partial charge in [0.15, 0.2) is 0 Å². The molecule has 0 aliphatic carbocycles. The van der Waals surface area contributed by atoms with Gasteiger partial charge in [0.05, 0.1) is 0 Å². The zero-order chi connectivity index (χ0) is 30.3. The van der Waals surface area contributed by atoms with E-state index in [1.54, 1.807) is 0 Å². The Balaban J connectivity index is 0.000000313. The number of rotatable bonds is 5. The third kappa shape index (κ3) is 7.06. The van der Waals surface area contributed by atoms with Crippen LogP contribution in [0.4, 0.5) is 0 Å². The fourth-order valence-corrected chi connectivity index (χ4v) is 5.99. The maximum absolute atomic E-state index is 2.27. The normalized spacial score (nSPS) is 10.6. The Bertz CT molecular complexity index is 1820. The van der Waals surface area contributed by atoms with Gasteiger partial charge in [-0.15, -0.1) is 0 Å². The van der Waals surface area contributed by atoms with Crippen molar-refractivity contribution in [2.45, 2.75) is 26.7 Å². The first-order chi connectivity index (χ1) is 21.6. The number of hydrogen-bond acceptors (Lipinski definition) is 0. The number of benzene rings is 7. The van der Waals surface area contributed by atoms with E-state index in [0.717, 1.165) is 0 Å². The second kappa shape index (κ2) is 14.9. The van der Waals surface area contributed by atoms with Crippen molar-refractivity contribution >= 4 is 10.8 Å². The molecule has 45 heavy (non-hydrogen) atoms. The Labute approximate surface area is 281 Å². The second-order valence-corrected chi connectivity index (χ2v) is 11.6. The van der Waals surface area contributed by atoms with Crippen LogP contribution >= 0.6 is 0 Å². The van der Waals surface area contributed by atoms with Crippen LogP contribution in [0.25, 0.3) is 55.3 Å². The molecule has 1 heteroatoms. The van der Waals surface area contributed by atoms with Crippen LogP contribution in [-0.2, 0) is 19.5 Å². The monoisotopic (exact) mass is 668 g/mol. The minimum atomic E-state index is 0. The van der Waals surface area contributed by atoms with Gasteiger partial charge < -0.3 is 0 Å². The van der Waals surface area contributed by atoms with Crippen LogP contribution in [-0.4, -0.2) is 0 Å². The first-order valence-corrected chi connectivity index (χ1v) is 15.5. The molecule has 0 N–H and O–H groups in total. The standard InChI is InChI=1S/C34H24.C10H14.Ru/c1-5-15-25(16-6-1)31-29-23-13-14-24-30(29)32(26-17-7-2-8-18-26)34(28-21-11-4-12-22-28)33(31)27-19-9-3-10-20-27;1-8(2)10-6-4-9(3)5-7-10;/h1-24H;4-8H,1-3H3;. The van der Waals surface area contributed by atoms with Crippen molar-refractivity contribution < 1.29 is 19.5 Å². The van der Waals surface area contributed by atoms with Crippen LogP contribution in [0.1, 0.15) is 30.9 Å². The molecule has 0 fully saturated rings. The topological polar surface area (TPSA) is 0 Å². The summed E-state index contributed by atoms with van der Waals surface area (Å²) in [6.45, 7) is 6.54. The molecule has 0 amide bonds. The summed E-state index contributed by atoms with van der Waals surface area (Å²) >= 11 is 0. The van der Waals surface area contributed by atoms with Crippen molar-refractivity contribution in [1.29, 1.82) is 0 Å². The smallest absolute Gasteiger partial charge is 0 e. The Kier molecular flexibility index (Phi) is 10.6. The van der Waals surface area contributed by atoms with E-state index in [4.69, 9.17) is 0 Å². The maximum atomic E-state index is 2.27. The predicted octanol–water partition coefficient (Wildman–Crippen LogP) is 12.6. The fourth-order valence-electron chi connectivity index (χ4n) is 5.99. The molecule has 7 aromatic rings. The molecule has 0 aliphatic rings. The zero-order valence-electron chi connectivity index (χ0n) is 26.1. The molecule has 0 aromatic heterocycles. The molecule has 0 spiro atoms. The Morgan fingerprint density at radius 1 is 0.333 bits per heavy atom. The van der Waals surface area contributed by atoms with Gasteiger partial charge in [0.25, 0.3) is 0 Å². The summed E-state index contributed by atoms with van der Waals surface area (Å²) in [5, 5.41) is 2.54. The van der Waals surface area contributed by atoms with Crippen LogP contribution in [0, 0.1) is 6.92 Å². The van der Waals surface area contributed by atoms with Gasteiger partial charge in [0.1, 0.15) is 0 Å². The summed E-state index contributed by atoms with van der Waals surface area (Å²) in [6.07, 6.45) is 0. The summed E-state index contributed by atoms with van der Waals surface area (Å²) in [7, 11) is 0. The first-order valence-electron chi connectivity index (χ1n) is 15.5. The van der Waals surface area contributed by atoms with Crippen LogP contribution in [0.5, 0.6) is 0 Å². The second-order valence-electron chi connectivity index (χ2n) is 11.6. The van der Waals surface area contributed by atoms with Gasteiger partial charge in [-0.1, -0.05) is 189 Å². The van der Waals surface area contributed by atoms with Crippen molar-refractivity contribution in [1.82, 2.24) is 0 Å². The molecule has 0 saturated heterocycles. The van der Waals surface area contributed by atoms with E-state index in [2.05, 4.69) is 191 Å². The van der Waals surface area contributed by atoms with E-state index in [0.29, 0.717) is 5.92 Å². The van der Waals surface area contributed by atoms with Gasteiger partial charge in [0.2, 0.25) is 0 Å². The van der Waals surface area contributed by atoms with E-state index in [1.807, 2.05) is 0 Å². The van der Waals surface area contributed by atoms with E-state index in [-0.39, 0.29) is 19.5 Å². The van der Waals surface area contributed by atoms with Gasteiger partial charge in [-0.3, -0.25) is 0 Å².